The summed E-state index contributed by atoms with van der Waals surface area (Å²) in [4.78, 5) is 34.9. The molecule has 0 radical (unpaired) electrons. The zero-order chi connectivity index (χ0) is 28.5. The van der Waals surface area contributed by atoms with Gasteiger partial charge in [0, 0.05) is 18.7 Å². The lowest BCUT2D eigenvalue weighted by molar-refractivity contribution is -0.138. The van der Waals surface area contributed by atoms with Gasteiger partial charge in [0.15, 0.2) is 0 Å². The average Bonchev–Trinajstić information content (AvgIpc) is 2.92. The van der Waals surface area contributed by atoms with E-state index in [2.05, 4.69) is 15.3 Å². The van der Waals surface area contributed by atoms with Crippen LogP contribution in [0.4, 0.5) is 24.8 Å². The van der Waals surface area contributed by atoms with Crippen LogP contribution in [0.5, 0.6) is 0 Å². The fraction of sp³-hybridized carbons (Fsp3) is 0.400. The van der Waals surface area contributed by atoms with E-state index >= 15 is 0 Å². The van der Waals surface area contributed by atoms with Crippen molar-refractivity contribution < 1.29 is 27.9 Å². The third-order valence-electron chi connectivity index (χ3n) is 6.98. The number of fused-ring (bicyclic) bond motifs is 6. The number of nitrogens with zero attached hydrogens (tertiary/aromatic N) is 3. The highest BCUT2D eigenvalue weighted by atomic mass is 19.4. The van der Waals surface area contributed by atoms with Gasteiger partial charge in [0.1, 0.15) is 17.3 Å². The molecule has 0 atom stereocenters. The van der Waals surface area contributed by atoms with Crippen LogP contribution < -0.4 is 10.2 Å². The molecule has 0 saturated carbocycles. The molecule has 3 aromatic rings. The highest BCUT2D eigenvalue weighted by Crippen LogP contribution is 2.38. The predicted octanol–water partition coefficient (Wildman–Crippen LogP) is 6.98. The number of benzene rings is 1. The molecule has 10 heteroatoms. The number of hydrogen-bond acceptors (Lipinski definition) is 5. The first kappa shape index (κ1) is 29.0. The Hall–Kier alpha value is -3.95. The summed E-state index contributed by atoms with van der Waals surface area (Å²) in [5.74, 6) is -1.10. The molecule has 4 rings (SSSR count). The van der Waals surface area contributed by atoms with Gasteiger partial charge in [-0.15, -0.1) is 0 Å². The number of alkyl halides is 3. The van der Waals surface area contributed by atoms with Gasteiger partial charge in [0.2, 0.25) is 0 Å². The van der Waals surface area contributed by atoms with E-state index in [0.29, 0.717) is 24.3 Å². The zero-order valence-electron chi connectivity index (χ0n) is 22.2. The molecule has 40 heavy (non-hydrogen) atoms. The predicted molar refractivity (Wildman–Crippen MR) is 147 cm³/mol. The van der Waals surface area contributed by atoms with Gasteiger partial charge in [-0.1, -0.05) is 62.4 Å². The molecule has 2 aromatic heterocycles. The minimum Gasteiger partial charge on any atom is -0.481 e. The molecule has 0 spiro atoms. The monoisotopic (exact) mass is 554 g/mol. The van der Waals surface area contributed by atoms with Crippen molar-refractivity contribution in [2.24, 2.45) is 0 Å². The number of carbonyl (C=O) groups excluding carboxylic acids is 1. The maximum atomic E-state index is 14.0. The highest BCUT2D eigenvalue weighted by Gasteiger charge is 2.35. The smallest absolute Gasteiger partial charge is 0.418 e. The number of anilines is 2. The molecule has 3 heterocycles. The summed E-state index contributed by atoms with van der Waals surface area (Å²) in [6.07, 6.45) is 2.69. The summed E-state index contributed by atoms with van der Waals surface area (Å²) >= 11 is 0. The third kappa shape index (κ3) is 7.80. The van der Waals surface area contributed by atoms with Crippen molar-refractivity contribution in [2.45, 2.75) is 64.0 Å². The molecule has 0 fully saturated rings. The number of rotatable bonds is 3. The number of halogens is 3. The molecule has 4 bridgehead atoms. The fourth-order valence-electron chi connectivity index (χ4n) is 4.91. The van der Waals surface area contributed by atoms with Gasteiger partial charge in [-0.3, -0.25) is 9.59 Å². The topological polar surface area (TPSA) is 95.4 Å². The van der Waals surface area contributed by atoms with Crippen molar-refractivity contribution in [2.75, 3.05) is 23.3 Å². The average molecular weight is 555 g/mol. The molecule has 1 amide bonds. The van der Waals surface area contributed by atoms with E-state index in [4.69, 9.17) is 0 Å². The fourth-order valence-corrected chi connectivity index (χ4v) is 4.91. The number of aryl methyl sites for hydroxylation is 1. The van der Waals surface area contributed by atoms with Crippen molar-refractivity contribution in [3.8, 4) is 11.3 Å². The summed E-state index contributed by atoms with van der Waals surface area (Å²) < 4.78 is 42.0. The Bertz CT molecular complexity index is 1330. The van der Waals surface area contributed by atoms with E-state index in [1.807, 2.05) is 17.0 Å². The maximum absolute atomic E-state index is 14.0. The Morgan fingerprint density at radius 2 is 1.62 bits per heavy atom. The molecular formula is C30H33F3N4O3. The molecule has 0 unspecified atom stereocenters. The maximum Gasteiger partial charge on any atom is 0.418 e. The van der Waals surface area contributed by atoms with Crippen LogP contribution in [-0.4, -0.2) is 40.0 Å². The summed E-state index contributed by atoms with van der Waals surface area (Å²) in [7, 11) is 0. The van der Waals surface area contributed by atoms with E-state index < -0.39 is 23.6 Å². The zero-order valence-corrected chi connectivity index (χ0v) is 22.2. The quantitative estimate of drug-likeness (QED) is 0.363. The van der Waals surface area contributed by atoms with Gasteiger partial charge >= 0.3 is 12.1 Å². The normalized spacial score (nSPS) is 15.6. The Morgan fingerprint density at radius 3 is 2.38 bits per heavy atom. The first-order valence-corrected chi connectivity index (χ1v) is 13.6. The number of carbonyl (C=O) groups is 2. The van der Waals surface area contributed by atoms with Gasteiger partial charge in [0.05, 0.1) is 17.7 Å². The molecular weight excluding hydrogens is 521 g/mol. The first-order chi connectivity index (χ1) is 19.2. The molecule has 0 saturated heterocycles. The number of aliphatic carboxylic acids is 1. The standard InChI is InChI=1S/C30H33F3N4O3/c31-30(32,33)23-16-17-25-35-28(23)22-13-8-7-12-21(22)11-6-4-2-1-3-5-9-19-37(20-18-27(38)39)26-15-10-14-24(34-26)29(40)36-25/h7-8,10,12-17H,1-6,9,11,18-20H2,(H,38,39)(H,35,36,40). The number of pyridine rings is 2. The van der Waals surface area contributed by atoms with Crippen LogP contribution in [0.15, 0.2) is 54.6 Å². The van der Waals surface area contributed by atoms with Crippen LogP contribution in [0, 0.1) is 0 Å². The van der Waals surface area contributed by atoms with Crippen molar-refractivity contribution in [3.05, 3.63) is 71.4 Å². The van der Waals surface area contributed by atoms with Crippen LogP contribution in [-0.2, 0) is 17.4 Å². The van der Waals surface area contributed by atoms with Crippen LogP contribution in [0.1, 0.15) is 73.0 Å². The summed E-state index contributed by atoms with van der Waals surface area (Å²) in [5, 5.41) is 11.8. The first-order valence-electron chi connectivity index (χ1n) is 13.6. The van der Waals surface area contributed by atoms with Gasteiger partial charge in [-0.25, -0.2) is 9.97 Å². The summed E-state index contributed by atoms with van der Waals surface area (Å²) in [6.45, 7) is 0.850. The molecule has 1 aromatic carbocycles. The molecule has 1 aliphatic heterocycles. The second kappa shape index (κ2) is 13.4. The number of carboxylic acid groups (broad SMARTS) is 1. The van der Waals surface area contributed by atoms with E-state index in [-0.39, 0.29) is 30.2 Å². The minimum atomic E-state index is -4.62. The van der Waals surface area contributed by atoms with Crippen LogP contribution in [0.3, 0.4) is 0 Å². The summed E-state index contributed by atoms with van der Waals surface area (Å²) in [5.41, 5.74) is 0.144. The number of carboxylic acids is 1. The van der Waals surface area contributed by atoms with E-state index in [1.165, 1.54) is 6.07 Å². The Kier molecular flexibility index (Phi) is 9.74. The minimum absolute atomic E-state index is 0.0212. The molecule has 212 valence electrons. The Balaban J connectivity index is 1.71. The molecule has 0 aliphatic carbocycles. The van der Waals surface area contributed by atoms with Crippen molar-refractivity contribution >= 4 is 23.5 Å². The Morgan fingerprint density at radius 1 is 0.900 bits per heavy atom. The number of nitrogens with one attached hydrogen (secondary N) is 1. The van der Waals surface area contributed by atoms with Crippen molar-refractivity contribution in [1.82, 2.24) is 9.97 Å². The lowest BCUT2D eigenvalue weighted by atomic mass is 9.95. The van der Waals surface area contributed by atoms with Crippen LogP contribution in [0.25, 0.3) is 11.3 Å². The number of aromatic nitrogens is 2. The highest BCUT2D eigenvalue weighted by molar-refractivity contribution is 6.02. The SMILES string of the molecule is O=C(O)CCN1CCCCCCCCCc2ccccc2-c2nc(ccc2C(F)(F)F)NC(=O)c2cccc1n2. The molecule has 7 nitrogen and oxygen atoms in total. The van der Waals surface area contributed by atoms with E-state index in [0.717, 1.165) is 62.6 Å². The van der Waals surface area contributed by atoms with E-state index in [1.54, 1.807) is 24.3 Å². The van der Waals surface area contributed by atoms with E-state index in [9.17, 15) is 27.9 Å². The largest absolute Gasteiger partial charge is 0.481 e. The number of amides is 1. The second-order valence-electron chi connectivity index (χ2n) is 9.94. The van der Waals surface area contributed by atoms with Crippen LogP contribution in [0.2, 0.25) is 0 Å². The lowest BCUT2D eigenvalue weighted by Gasteiger charge is -2.23. The third-order valence-corrected chi connectivity index (χ3v) is 6.98. The molecule has 2 N–H and O–H groups in total. The lowest BCUT2D eigenvalue weighted by Crippen LogP contribution is -2.29. The Labute approximate surface area is 231 Å². The van der Waals surface area contributed by atoms with Gasteiger partial charge < -0.3 is 15.3 Å². The van der Waals surface area contributed by atoms with Gasteiger partial charge in [-0.2, -0.15) is 13.2 Å². The molecule has 1 aliphatic rings. The second-order valence-corrected chi connectivity index (χ2v) is 9.94. The van der Waals surface area contributed by atoms with Crippen molar-refractivity contribution in [1.29, 1.82) is 0 Å². The van der Waals surface area contributed by atoms with Gasteiger partial charge in [-0.05, 0) is 49.1 Å². The van der Waals surface area contributed by atoms with Crippen LogP contribution >= 0.6 is 0 Å². The summed E-state index contributed by atoms with van der Waals surface area (Å²) in [6, 6.07) is 13.9. The van der Waals surface area contributed by atoms with Gasteiger partial charge in [0.25, 0.3) is 5.91 Å². The number of hydrogen-bond donors (Lipinski definition) is 2. The van der Waals surface area contributed by atoms with Crippen molar-refractivity contribution in [3.63, 3.8) is 0 Å².